The van der Waals surface area contributed by atoms with Crippen LogP contribution in [-0.2, 0) is 32.6 Å². The zero-order chi connectivity index (χ0) is 32.6. The highest BCUT2D eigenvalue weighted by atomic mass is 35.5. The summed E-state index contributed by atoms with van der Waals surface area (Å²) in [5.41, 5.74) is 3.78. The van der Waals surface area contributed by atoms with Crippen LogP contribution in [0, 0.1) is 13.8 Å². The van der Waals surface area contributed by atoms with E-state index in [-0.39, 0.29) is 35.5 Å². The van der Waals surface area contributed by atoms with Crippen molar-refractivity contribution in [3.63, 3.8) is 0 Å². The second kappa shape index (κ2) is 15.2. The topological polar surface area (TPSA) is 86.8 Å². The van der Waals surface area contributed by atoms with Crippen LogP contribution in [0.1, 0.15) is 42.5 Å². The second-order valence-electron chi connectivity index (χ2n) is 11.3. The van der Waals surface area contributed by atoms with Crippen LogP contribution in [0.5, 0.6) is 0 Å². The molecule has 0 unspecified atom stereocenters. The minimum absolute atomic E-state index is 0.0370. The molecule has 2 amide bonds. The number of carbonyl (C=O) groups excluding carboxylic acids is 2. The van der Waals surface area contributed by atoms with Crippen molar-refractivity contribution in [2.45, 2.75) is 64.1 Å². The summed E-state index contributed by atoms with van der Waals surface area (Å²) < 4.78 is 29.3. The molecule has 4 aromatic rings. The molecule has 0 saturated heterocycles. The summed E-state index contributed by atoms with van der Waals surface area (Å²) >= 11 is 6.45. The van der Waals surface area contributed by atoms with Gasteiger partial charge in [0.1, 0.15) is 12.6 Å². The van der Waals surface area contributed by atoms with Gasteiger partial charge in [0.2, 0.25) is 11.8 Å². The van der Waals surface area contributed by atoms with Crippen LogP contribution in [0.15, 0.2) is 108 Å². The fraction of sp³-hybridized carbons (Fsp3) is 0.278. The third-order valence-corrected chi connectivity index (χ3v) is 9.99. The van der Waals surface area contributed by atoms with Crippen molar-refractivity contribution in [3.8, 4) is 0 Å². The van der Waals surface area contributed by atoms with E-state index in [1.807, 2.05) is 82.3 Å². The van der Waals surface area contributed by atoms with E-state index >= 15 is 0 Å². The molecular weight excluding hydrogens is 606 g/mol. The quantitative estimate of drug-likeness (QED) is 0.175. The maximum Gasteiger partial charge on any atom is 0.264 e. The summed E-state index contributed by atoms with van der Waals surface area (Å²) in [5.74, 6) is -0.823. The Morgan fingerprint density at radius 3 is 2.07 bits per heavy atom. The number of aryl methyl sites for hydroxylation is 2. The van der Waals surface area contributed by atoms with Crippen molar-refractivity contribution >= 4 is 39.1 Å². The summed E-state index contributed by atoms with van der Waals surface area (Å²) in [6, 6.07) is 29.1. The molecular formula is C36H40ClN3O4S. The van der Waals surface area contributed by atoms with E-state index in [9.17, 15) is 18.0 Å². The SMILES string of the molecule is CC[C@H](C)NC(=O)[C@@H](Cc1ccccc1)N(Cc1ccc(C)cc1)C(=O)CN(c1ccc(C)c(Cl)c1)S(=O)(=O)c1ccccc1. The maximum atomic E-state index is 14.5. The lowest BCUT2D eigenvalue weighted by Crippen LogP contribution is -2.54. The Kier molecular flexibility index (Phi) is 11.4. The number of carbonyl (C=O) groups is 2. The first-order valence-electron chi connectivity index (χ1n) is 15.0. The summed E-state index contributed by atoms with van der Waals surface area (Å²) in [6.07, 6.45) is 0.968. The van der Waals surface area contributed by atoms with Crippen molar-refractivity contribution in [2.75, 3.05) is 10.8 Å². The lowest BCUT2D eigenvalue weighted by Gasteiger charge is -2.34. The number of hydrogen-bond acceptors (Lipinski definition) is 4. The molecule has 0 spiro atoms. The molecule has 4 aromatic carbocycles. The number of benzene rings is 4. The van der Waals surface area contributed by atoms with E-state index in [0.29, 0.717) is 11.4 Å². The average molecular weight is 646 g/mol. The molecule has 0 saturated carbocycles. The van der Waals surface area contributed by atoms with E-state index < -0.39 is 28.5 Å². The van der Waals surface area contributed by atoms with Crippen LogP contribution in [0.4, 0.5) is 5.69 Å². The molecule has 0 aliphatic heterocycles. The van der Waals surface area contributed by atoms with E-state index in [1.54, 1.807) is 36.4 Å². The second-order valence-corrected chi connectivity index (χ2v) is 13.6. The van der Waals surface area contributed by atoms with E-state index in [1.165, 1.54) is 17.0 Å². The minimum atomic E-state index is -4.19. The molecule has 7 nitrogen and oxygen atoms in total. The summed E-state index contributed by atoms with van der Waals surface area (Å²) in [4.78, 5) is 30.0. The fourth-order valence-corrected chi connectivity index (χ4v) is 6.47. The molecule has 0 aromatic heterocycles. The van der Waals surface area contributed by atoms with Crippen LogP contribution in [-0.4, -0.2) is 43.8 Å². The number of halogens is 1. The molecule has 45 heavy (non-hydrogen) atoms. The largest absolute Gasteiger partial charge is 0.352 e. The normalized spacial score (nSPS) is 12.6. The zero-order valence-corrected chi connectivity index (χ0v) is 27.7. The predicted octanol–water partition coefficient (Wildman–Crippen LogP) is 6.71. The minimum Gasteiger partial charge on any atom is -0.352 e. The third kappa shape index (κ3) is 8.74. The number of anilines is 1. The Morgan fingerprint density at radius 1 is 0.844 bits per heavy atom. The first-order chi connectivity index (χ1) is 21.5. The standard InChI is InChI=1S/C36H40ClN3O4S/c1-5-28(4)38-36(42)34(22-29-12-8-6-9-13-29)39(24-30-19-16-26(2)17-20-30)35(41)25-40(31-21-18-27(3)33(37)23-31)45(43,44)32-14-10-7-11-15-32/h6-21,23,28,34H,5,22,24-25H2,1-4H3,(H,38,42)/t28-,34+/m0/s1. The van der Waals surface area contributed by atoms with Gasteiger partial charge in [0, 0.05) is 24.0 Å². The number of nitrogens with zero attached hydrogens (tertiary/aromatic N) is 2. The van der Waals surface area contributed by atoms with Crippen LogP contribution < -0.4 is 9.62 Å². The smallest absolute Gasteiger partial charge is 0.264 e. The fourth-order valence-electron chi connectivity index (χ4n) is 4.87. The molecule has 4 rings (SSSR count). The molecule has 0 fully saturated rings. The molecule has 1 N–H and O–H groups in total. The Morgan fingerprint density at radius 2 is 1.47 bits per heavy atom. The molecule has 0 aliphatic rings. The van der Waals surface area contributed by atoms with Gasteiger partial charge < -0.3 is 10.2 Å². The molecule has 0 bridgehead atoms. The predicted molar refractivity (Wildman–Crippen MR) is 181 cm³/mol. The number of hydrogen-bond donors (Lipinski definition) is 1. The zero-order valence-electron chi connectivity index (χ0n) is 26.1. The molecule has 236 valence electrons. The Labute approximate surface area is 271 Å². The van der Waals surface area contributed by atoms with Crippen molar-refractivity contribution < 1.29 is 18.0 Å². The van der Waals surface area contributed by atoms with Gasteiger partial charge in [0.15, 0.2) is 0 Å². The maximum absolute atomic E-state index is 14.5. The van der Waals surface area contributed by atoms with E-state index in [0.717, 1.165) is 26.6 Å². The summed E-state index contributed by atoms with van der Waals surface area (Å²) in [6.45, 7) is 7.26. The van der Waals surface area contributed by atoms with Crippen LogP contribution in [0.25, 0.3) is 0 Å². The molecule has 0 radical (unpaired) electrons. The molecule has 0 heterocycles. The number of sulfonamides is 1. The van der Waals surface area contributed by atoms with Gasteiger partial charge in [-0.15, -0.1) is 0 Å². The van der Waals surface area contributed by atoms with E-state index in [4.69, 9.17) is 11.6 Å². The number of amides is 2. The first-order valence-corrected chi connectivity index (χ1v) is 16.8. The van der Waals surface area contributed by atoms with Gasteiger partial charge in [-0.05, 0) is 68.1 Å². The Bertz CT molecular complexity index is 1700. The van der Waals surface area contributed by atoms with Crippen LogP contribution in [0.2, 0.25) is 5.02 Å². The summed E-state index contributed by atoms with van der Waals surface area (Å²) in [7, 11) is -4.19. The van der Waals surface area contributed by atoms with Gasteiger partial charge >= 0.3 is 0 Å². The van der Waals surface area contributed by atoms with Crippen LogP contribution >= 0.6 is 11.6 Å². The highest BCUT2D eigenvalue weighted by Crippen LogP contribution is 2.29. The lowest BCUT2D eigenvalue weighted by molar-refractivity contribution is -0.140. The lowest BCUT2D eigenvalue weighted by atomic mass is 10.0. The van der Waals surface area contributed by atoms with Gasteiger partial charge in [-0.2, -0.15) is 0 Å². The molecule has 9 heteroatoms. The average Bonchev–Trinajstić information content (AvgIpc) is 3.04. The highest BCUT2D eigenvalue weighted by Gasteiger charge is 2.35. The summed E-state index contributed by atoms with van der Waals surface area (Å²) in [5, 5.41) is 3.43. The van der Waals surface area contributed by atoms with Crippen molar-refractivity contribution in [2.24, 2.45) is 0 Å². The Balaban J connectivity index is 1.81. The Hall–Kier alpha value is -4.14. The number of rotatable bonds is 13. The van der Waals surface area contributed by atoms with E-state index in [2.05, 4.69) is 5.32 Å². The van der Waals surface area contributed by atoms with Gasteiger partial charge in [0.05, 0.1) is 10.6 Å². The van der Waals surface area contributed by atoms with Gasteiger partial charge in [-0.3, -0.25) is 13.9 Å². The van der Waals surface area contributed by atoms with Crippen LogP contribution in [0.3, 0.4) is 0 Å². The first kappa shape index (κ1) is 33.7. The van der Waals surface area contributed by atoms with Crippen molar-refractivity contribution in [1.82, 2.24) is 10.2 Å². The molecule has 0 aliphatic carbocycles. The van der Waals surface area contributed by atoms with Gasteiger partial charge in [0.25, 0.3) is 10.0 Å². The van der Waals surface area contributed by atoms with Crippen molar-refractivity contribution in [3.05, 3.63) is 130 Å². The molecule has 2 atom stereocenters. The number of nitrogens with one attached hydrogen (secondary N) is 1. The highest BCUT2D eigenvalue weighted by molar-refractivity contribution is 7.92. The van der Waals surface area contributed by atoms with Gasteiger partial charge in [-0.25, -0.2) is 8.42 Å². The van der Waals surface area contributed by atoms with Crippen molar-refractivity contribution in [1.29, 1.82) is 0 Å². The third-order valence-electron chi connectivity index (χ3n) is 7.80. The van der Waals surface area contributed by atoms with Gasteiger partial charge in [-0.1, -0.05) is 103 Å². The monoisotopic (exact) mass is 645 g/mol.